The van der Waals surface area contributed by atoms with Crippen LogP contribution in [0.1, 0.15) is 38.9 Å². The van der Waals surface area contributed by atoms with Gasteiger partial charge in [-0.2, -0.15) is 0 Å². The Morgan fingerprint density at radius 3 is 1.69 bits per heavy atom. The van der Waals surface area contributed by atoms with Crippen LogP contribution in [0.25, 0.3) is 0 Å². The smallest absolute Gasteiger partial charge is 0.336 e. The van der Waals surface area contributed by atoms with E-state index in [0.717, 1.165) is 17.5 Å². The van der Waals surface area contributed by atoms with Crippen LogP contribution < -0.4 is 4.74 Å². The minimum atomic E-state index is -0.497. The Hall–Kier alpha value is -3.14. The van der Waals surface area contributed by atoms with Crippen LogP contribution >= 0.6 is 0 Å². The van der Waals surface area contributed by atoms with Gasteiger partial charge >= 0.3 is 11.9 Å². The lowest BCUT2D eigenvalue weighted by atomic mass is 9.95. The van der Waals surface area contributed by atoms with E-state index in [1.165, 1.54) is 59.2 Å². The molecule has 4 nitrogen and oxygen atoms in total. The fourth-order valence-corrected chi connectivity index (χ4v) is 3.24. The largest absolute Gasteiger partial charge is 0.466 e. The first-order chi connectivity index (χ1) is 13.7. The molecule has 2 rings (SSSR count). The predicted octanol–water partition coefficient (Wildman–Crippen LogP) is 5.01. The summed E-state index contributed by atoms with van der Waals surface area (Å²) < 4.78 is 9.97. The first kappa shape index (κ1) is 22.2. The zero-order chi connectivity index (χ0) is 21.6. The van der Waals surface area contributed by atoms with Crippen molar-refractivity contribution in [1.29, 1.82) is 0 Å². The summed E-state index contributed by atoms with van der Waals surface area (Å²) in [6, 6.07) is 8.57. The Bertz CT molecular complexity index is 934. The topological polar surface area (TPSA) is 52.6 Å². The third-order valence-corrected chi connectivity index (χ3v) is 4.89. The second-order valence-electron chi connectivity index (χ2n) is 7.25. The van der Waals surface area contributed by atoms with Crippen molar-refractivity contribution in [3.05, 3.63) is 87.5 Å². The van der Waals surface area contributed by atoms with E-state index in [2.05, 4.69) is 49.8 Å². The third-order valence-electron chi connectivity index (χ3n) is 4.89. The zero-order valence-corrected chi connectivity index (χ0v) is 18.0. The van der Waals surface area contributed by atoms with Crippen molar-refractivity contribution in [3.8, 4) is 5.75 Å². The minimum Gasteiger partial charge on any atom is -0.466 e. The average molecular weight is 392 g/mol. The summed E-state index contributed by atoms with van der Waals surface area (Å²) in [6.45, 7) is 10.3. The molecular formula is C25H28O4. The van der Waals surface area contributed by atoms with E-state index in [-0.39, 0.29) is 0 Å². The molecule has 152 valence electrons. The number of carbonyl (C=O) groups excluding carboxylic acids is 2. The molecule has 0 aromatic heterocycles. The van der Waals surface area contributed by atoms with Gasteiger partial charge in [0.05, 0.1) is 7.11 Å². The van der Waals surface area contributed by atoms with E-state index < -0.39 is 11.9 Å². The molecule has 2 aromatic rings. The van der Waals surface area contributed by atoms with Gasteiger partial charge in [-0.25, -0.2) is 9.59 Å². The van der Waals surface area contributed by atoms with Gasteiger partial charge in [0, 0.05) is 12.2 Å². The van der Waals surface area contributed by atoms with Crippen LogP contribution in [0.5, 0.6) is 5.75 Å². The molecule has 2 aromatic carbocycles. The van der Waals surface area contributed by atoms with E-state index in [4.69, 9.17) is 4.74 Å². The van der Waals surface area contributed by atoms with Crippen molar-refractivity contribution in [2.24, 2.45) is 0 Å². The molecule has 0 radical (unpaired) electrons. The Balaban J connectivity index is 2.13. The van der Waals surface area contributed by atoms with Crippen LogP contribution in [0.15, 0.2) is 48.6 Å². The van der Waals surface area contributed by atoms with Crippen molar-refractivity contribution in [1.82, 2.24) is 0 Å². The minimum absolute atomic E-state index is 0.482. The third kappa shape index (κ3) is 6.18. The lowest BCUT2D eigenvalue weighted by molar-refractivity contribution is -0.135. The van der Waals surface area contributed by atoms with Gasteiger partial charge < -0.3 is 9.47 Å². The molecule has 0 saturated heterocycles. The van der Waals surface area contributed by atoms with Crippen molar-refractivity contribution in [2.45, 2.75) is 41.0 Å². The molecule has 0 aliphatic carbocycles. The number of hydrogen-bond donors (Lipinski definition) is 0. The highest BCUT2D eigenvalue weighted by molar-refractivity contribution is 5.86. The highest BCUT2D eigenvalue weighted by atomic mass is 16.5. The lowest BCUT2D eigenvalue weighted by Gasteiger charge is -2.13. The molecule has 4 heteroatoms. The highest BCUT2D eigenvalue weighted by Crippen LogP contribution is 2.27. The lowest BCUT2D eigenvalue weighted by Crippen LogP contribution is -2.07. The van der Waals surface area contributed by atoms with Gasteiger partial charge in [0.1, 0.15) is 5.75 Å². The molecular weight excluding hydrogens is 364 g/mol. The Morgan fingerprint density at radius 2 is 1.21 bits per heavy atom. The first-order valence-corrected chi connectivity index (χ1v) is 9.52. The molecule has 0 N–H and O–H groups in total. The molecule has 0 bridgehead atoms. The number of benzene rings is 2. The average Bonchev–Trinajstić information content (AvgIpc) is 2.66. The van der Waals surface area contributed by atoms with Gasteiger partial charge in [0.2, 0.25) is 0 Å². The summed E-state index contributed by atoms with van der Waals surface area (Å²) in [5.74, 6) is -0.413. The summed E-state index contributed by atoms with van der Waals surface area (Å²) >= 11 is 0. The summed E-state index contributed by atoms with van der Waals surface area (Å²) in [4.78, 5) is 23.0. The normalized spacial score (nSPS) is 11.2. The zero-order valence-electron chi connectivity index (χ0n) is 18.0. The molecule has 0 heterocycles. The molecule has 0 aliphatic heterocycles. The molecule has 0 aliphatic rings. The maximum absolute atomic E-state index is 12.1. The van der Waals surface area contributed by atoms with Gasteiger partial charge in [-0.05, 0) is 80.0 Å². The van der Waals surface area contributed by atoms with Gasteiger partial charge in [0.25, 0.3) is 0 Å². The number of methoxy groups -OCH3 is 1. The summed E-state index contributed by atoms with van der Waals surface area (Å²) in [7, 11) is 1.29. The number of rotatable bonds is 6. The SMILES string of the molecule is COC(=O)C=CC=CC(=O)Oc1c(C)cc(Cc2cc(C)c(C)c(C)c2)cc1C. The van der Waals surface area contributed by atoms with Crippen LogP contribution in [-0.2, 0) is 20.7 Å². The predicted molar refractivity (Wildman–Crippen MR) is 115 cm³/mol. The van der Waals surface area contributed by atoms with Crippen molar-refractivity contribution in [3.63, 3.8) is 0 Å². The number of aryl methyl sites for hydroxylation is 4. The van der Waals surface area contributed by atoms with Crippen molar-refractivity contribution >= 4 is 11.9 Å². The van der Waals surface area contributed by atoms with Crippen LogP contribution in [0.4, 0.5) is 0 Å². The van der Waals surface area contributed by atoms with Crippen LogP contribution in [0.2, 0.25) is 0 Å². The Morgan fingerprint density at radius 1 is 0.759 bits per heavy atom. The molecule has 0 atom stereocenters. The van der Waals surface area contributed by atoms with Crippen molar-refractivity contribution in [2.75, 3.05) is 7.11 Å². The number of carbonyl (C=O) groups is 2. The molecule has 0 fully saturated rings. The van der Waals surface area contributed by atoms with Crippen LogP contribution in [0, 0.1) is 34.6 Å². The first-order valence-electron chi connectivity index (χ1n) is 9.52. The van der Waals surface area contributed by atoms with Crippen molar-refractivity contribution < 1.29 is 19.1 Å². The molecule has 0 saturated carbocycles. The number of ether oxygens (including phenoxy) is 2. The fourth-order valence-electron chi connectivity index (χ4n) is 3.24. The standard InChI is InChI=1S/C25H28O4/c1-16-11-21(12-17(2)20(16)5)15-22-13-18(3)25(19(4)14-22)29-24(27)10-8-7-9-23(26)28-6/h7-14H,15H2,1-6H3. The molecule has 0 unspecified atom stereocenters. The van der Waals surface area contributed by atoms with E-state index in [0.29, 0.717) is 5.75 Å². The summed E-state index contributed by atoms with van der Waals surface area (Å²) in [6.07, 6.45) is 6.20. The molecule has 0 spiro atoms. The summed E-state index contributed by atoms with van der Waals surface area (Å²) in [5.41, 5.74) is 8.20. The monoisotopic (exact) mass is 392 g/mol. The maximum Gasteiger partial charge on any atom is 0.336 e. The van der Waals surface area contributed by atoms with Gasteiger partial charge in [0.15, 0.2) is 0 Å². The number of esters is 2. The van der Waals surface area contributed by atoms with Gasteiger partial charge in [-0.1, -0.05) is 36.4 Å². The fraction of sp³-hybridized carbons (Fsp3) is 0.280. The maximum atomic E-state index is 12.1. The van der Waals surface area contributed by atoms with E-state index in [9.17, 15) is 9.59 Å². The Labute approximate surface area is 172 Å². The van der Waals surface area contributed by atoms with Gasteiger partial charge in [-0.3, -0.25) is 0 Å². The number of hydrogen-bond acceptors (Lipinski definition) is 4. The quantitative estimate of drug-likeness (QED) is 0.300. The summed E-state index contributed by atoms with van der Waals surface area (Å²) in [5, 5.41) is 0. The van der Waals surface area contributed by atoms with E-state index in [1.54, 1.807) is 0 Å². The number of allylic oxidation sites excluding steroid dienone is 2. The second-order valence-corrected chi connectivity index (χ2v) is 7.25. The van der Waals surface area contributed by atoms with E-state index in [1.807, 2.05) is 13.8 Å². The molecule has 29 heavy (non-hydrogen) atoms. The van der Waals surface area contributed by atoms with Crippen LogP contribution in [-0.4, -0.2) is 19.0 Å². The molecule has 0 amide bonds. The highest BCUT2D eigenvalue weighted by Gasteiger charge is 2.11. The Kier molecular flexibility index (Phi) is 7.54. The van der Waals surface area contributed by atoms with Gasteiger partial charge in [-0.15, -0.1) is 0 Å². The van der Waals surface area contributed by atoms with E-state index >= 15 is 0 Å². The second kappa shape index (κ2) is 9.87. The van der Waals surface area contributed by atoms with Crippen LogP contribution in [0.3, 0.4) is 0 Å².